The van der Waals surface area contributed by atoms with E-state index < -0.39 is 0 Å². The second-order valence-corrected chi connectivity index (χ2v) is 8.23. The number of rotatable bonds is 3. The monoisotopic (exact) mass is 385 g/mol. The number of fused-ring (bicyclic) bond motifs is 3. The van der Waals surface area contributed by atoms with Gasteiger partial charge in [-0.15, -0.1) is 11.3 Å². The molecule has 1 aliphatic rings. The number of benzene rings is 1. The lowest BCUT2D eigenvalue weighted by molar-refractivity contribution is 0.627. The number of aryl methyl sites for hydroxylation is 2. The van der Waals surface area contributed by atoms with Crippen LogP contribution in [-0.2, 0) is 12.8 Å². The molecule has 3 aromatic rings. The third-order valence-corrected chi connectivity index (χ3v) is 6.55. The molecule has 0 spiro atoms. The SMILES string of the molecule is N#CCSc1nc2sc3c(c2c(=O)n1-c1ccc(F)cc1)CCCCC3. The molecule has 0 bridgehead atoms. The number of hydrogen-bond acceptors (Lipinski definition) is 5. The van der Waals surface area contributed by atoms with E-state index in [0.29, 0.717) is 16.2 Å². The van der Waals surface area contributed by atoms with E-state index in [-0.39, 0.29) is 17.1 Å². The molecule has 0 aliphatic heterocycles. The van der Waals surface area contributed by atoms with E-state index in [9.17, 15) is 9.18 Å². The minimum atomic E-state index is -0.355. The van der Waals surface area contributed by atoms with Gasteiger partial charge in [0.25, 0.3) is 5.56 Å². The number of hydrogen-bond donors (Lipinski definition) is 0. The summed E-state index contributed by atoms with van der Waals surface area (Å²) in [5.41, 5.74) is 1.58. The molecule has 0 fully saturated rings. The zero-order valence-electron chi connectivity index (χ0n) is 14.0. The largest absolute Gasteiger partial charge is 0.268 e. The van der Waals surface area contributed by atoms with Crippen molar-refractivity contribution in [2.45, 2.75) is 37.3 Å². The minimum absolute atomic E-state index is 0.124. The van der Waals surface area contributed by atoms with Crippen molar-refractivity contribution in [2.24, 2.45) is 0 Å². The molecule has 26 heavy (non-hydrogen) atoms. The Kier molecular flexibility index (Phi) is 4.79. The Morgan fingerprint density at radius 2 is 2.00 bits per heavy atom. The van der Waals surface area contributed by atoms with E-state index in [0.717, 1.165) is 36.1 Å². The van der Waals surface area contributed by atoms with Gasteiger partial charge in [0.2, 0.25) is 0 Å². The summed E-state index contributed by atoms with van der Waals surface area (Å²) in [6.07, 6.45) is 5.30. The summed E-state index contributed by atoms with van der Waals surface area (Å²) in [7, 11) is 0. The Labute approximate surface area is 158 Å². The molecule has 4 rings (SSSR count). The number of aromatic nitrogens is 2. The second-order valence-electron chi connectivity index (χ2n) is 6.20. The van der Waals surface area contributed by atoms with Crippen molar-refractivity contribution in [3.05, 3.63) is 50.9 Å². The Morgan fingerprint density at radius 1 is 1.23 bits per heavy atom. The third kappa shape index (κ3) is 3.04. The zero-order valence-corrected chi connectivity index (χ0v) is 15.6. The predicted molar refractivity (Wildman–Crippen MR) is 103 cm³/mol. The van der Waals surface area contributed by atoms with Gasteiger partial charge in [0.05, 0.1) is 22.9 Å². The van der Waals surface area contributed by atoms with Crippen molar-refractivity contribution in [1.82, 2.24) is 9.55 Å². The summed E-state index contributed by atoms with van der Waals surface area (Å²) >= 11 is 2.83. The molecule has 0 atom stereocenters. The Balaban J connectivity index is 1.99. The first kappa shape index (κ1) is 17.3. The number of nitrogens with zero attached hydrogens (tertiary/aromatic N) is 3. The van der Waals surface area contributed by atoms with Gasteiger partial charge in [-0.1, -0.05) is 18.2 Å². The van der Waals surface area contributed by atoms with Crippen LogP contribution in [0.5, 0.6) is 0 Å². The minimum Gasteiger partial charge on any atom is -0.268 e. The molecule has 0 radical (unpaired) electrons. The number of thioether (sulfide) groups is 1. The topological polar surface area (TPSA) is 58.7 Å². The van der Waals surface area contributed by atoms with E-state index in [2.05, 4.69) is 6.07 Å². The fraction of sp³-hybridized carbons (Fsp3) is 0.316. The molecular formula is C19H16FN3OS2. The highest BCUT2D eigenvalue weighted by molar-refractivity contribution is 7.99. The van der Waals surface area contributed by atoms with Crippen molar-refractivity contribution in [3.8, 4) is 11.8 Å². The first-order chi connectivity index (χ1) is 12.7. The summed E-state index contributed by atoms with van der Waals surface area (Å²) < 4.78 is 14.8. The fourth-order valence-electron chi connectivity index (χ4n) is 3.37. The average Bonchev–Trinajstić information content (AvgIpc) is 2.82. The lowest BCUT2D eigenvalue weighted by Crippen LogP contribution is -2.22. The van der Waals surface area contributed by atoms with E-state index in [1.54, 1.807) is 23.5 Å². The number of nitriles is 1. The fourth-order valence-corrected chi connectivity index (χ4v) is 5.35. The van der Waals surface area contributed by atoms with Crippen LogP contribution in [0.15, 0.2) is 34.2 Å². The van der Waals surface area contributed by atoms with Gasteiger partial charge in [0.1, 0.15) is 10.6 Å². The molecule has 2 heterocycles. The molecule has 0 amide bonds. The summed E-state index contributed by atoms with van der Waals surface area (Å²) in [5.74, 6) is -0.156. The van der Waals surface area contributed by atoms with Crippen molar-refractivity contribution < 1.29 is 4.39 Å². The highest BCUT2D eigenvalue weighted by Gasteiger charge is 2.22. The van der Waals surface area contributed by atoms with Crippen molar-refractivity contribution >= 4 is 33.3 Å². The molecule has 2 aromatic heterocycles. The maximum absolute atomic E-state index is 13.4. The van der Waals surface area contributed by atoms with E-state index in [1.165, 1.54) is 39.8 Å². The normalized spacial score (nSPS) is 14.0. The molecule has 0 N–H and O–H groups in total. The molecule has 132 valence electrons. The van der Waals surface area contributed by atoms with Crippen molar-refractivity contribution in [2.75, 3.05) is 5.75 Å². The Hall–Kier alpha value is -2.17. The first-order valence-electron chi connectivity index (χ1n) is 8.52. The highest BCUT2D eigenvalue weighted by atomic mass is 32.2. The molecule has 0 saturated carbocycles. The second kappa shape index (κ2) is 7.22. The van der Waals surface area contributed by atoms with Gasteiger partial charge in [-0.05, 0) is 55.5 Å². The van der Waals surface area contributed by atoms with Crippen LogP contribution < -0.4 is 5.56 Å². The van der Waals surface area contributed by atoms with Crippen LogP contribution in [-0.4, -0.2) is 15.3 Å². The van der Waals surface area contributed by atoms with Crippen LogP contribution >= 0.6 is 23.1 Å². The van der Waals surface area contributed by atoms with Crippen LogP contribution in [0, 0.1) is 17.1 Å². The van der Waals surface area contributed by atoms with Gasteiger partial charge >= 0.3 is 0 Å². The van der Waals surface area contributed by atoms with Crippen LogP contribution in [0.25, 0.3) is 15.9 Å². The summed E-state index contributed by atoms with van der Waals surface area (Å²) in [6, 6.07) is 7.89. The maximum Gasteiger partial charge on any atom is 0.267 e. The highest BCUT2D eigenvalue weighted by Crippen LogP contribution is 2.34. The van der Waals surface area contributed by atoms with E-state index in [1.807, 2.05) is 0 Å². The predicted octanol–water partition coefficient (Wildman–Crippen LogP) is 4.47. The van der Waals surface area contributed by atoms with Gasteiger partial charge in [-0.2, -0.15) is 5.26 Å². The van der Waals surface area contributed by atoms with Crippen LogP contribution in [0.3, 0.4) is 0 Å². The van der Waals surface area contributed by atoms with E-state index in [4.69, 9.17) is 10.2 Å². The maximum atomic E-state index is 13.4. The lowest BCUT2D eigenvalue weighted by Gasteiger charge is -2.11. The van der Waals surface area contributed by atoms with Gasteiger partial charge < -0.3 is 0 Å². The molecule has 4 nitrogen and oxygen atoms in total. The zero-order chi connectivity index (χ0) is 18.1. The van der Waals surface area contributed by atoms with Crippen LogP contribution in [0.4, 0.5) is 4.39 Å². The van der Waals surface area contributed by atoms with Crippen LogP contribution in [0.2, 0.25) is 0 Å². The summed E-state index contributed by atoms with van der Waals surface area (Å²) in [6.45, 7) is 0. The lowest BCUT2D eigenvalue weighted by atomic mass is 10.1. The molecule has 0 unspecified atom stereocenters. The van der Waals surface area contributed by atoms with E-state index >= 15 is 0 Å². The van der Waals surface area contributed by atoms with Crippen LogP contribution in [0.1, 0.15) is 29.7 Å². The van der Waals surface area contributed by atoms with Gasteiger partial charge in [0, 0.05) is 4.88 Å². The number of halogens is 1. The Morgan fingerprint density at radius 3 is 2.77 bits per heavy atom. The average molecular weight is 385 g/mol. The summed E-state index contributed by atoms with van der Waals surface area (Å²) in [4.78, 5) is 20.1. The molecule has 1 aromatic carbocycles. The molecular weight excluding hydrogens is 369 g/mol. The molecule has 0 saturated heterocycles. The van der Waals surface area contributed by atoms with Gasteiger partial charge in [-0.3, -0.25) is 9.36 Å². The van der Waals surface area contributed by atoms with Crippen molar-refractivity contribution in [3.63, 3.8) is 0 Å². The first-order valence-corrected chi connectivity index (χ1v) is 10.3. The quantitative estimate of drug-likeness (QED) is 0.379. The Bertz CT molecular complexity index is 1060. The standard InChI is InChI=1S/C19H16FN3OS2/c20-12-6-8-13(9-7-12)23-18(24)16-14-4-2-1-3-5-15(14)26-17(16)22-19(23)25-11-10-21/h6-9H,1-5,11H2. The van der Waals surface area contributed by atoms with Crippen molar-refractivity contribution in [1.29, 1.82) is 5.26 Å². The number of thiophene rings is 1. The molecule has 7 heteroatoms. The summed E-state index contributed by atoms with van der Waals surface area (Å²) in [5, 5.41) is 10.1. The van der Waals surface area contributed by atoms with Gasteiger partial charge in [0.15, 0.2) is 5.16 Å². The molecule has 1 aliphatic carbocycles. The van der Waals surface area contributed by atoms with Gasteiger partial charge in [-0.25, -0.2) is 9.37 Å². The smallest absolute Gasteiger partial charge is 0.267 e. The third-order valence-electron chi connectivity index (χ3n) is 4.56.